The van der Waals surface area contributed by atoms with Crippen LogP contribution in [0.2, 0.25) is 0 Å². The Hall–Kier alpha value is -3.38. The third kappa shape index (κ3) is 3.74. The van der Waals surface area contributed by atoms with Crippen LogP contribution in [-0.2, 0) is 0 Å². The first kappa shape index (κ1) is 22.8. The molecule has 166 valence electrons. The number of rotatable bonds is 4. The van der Waals surface area contributed by atoms with Gasteiger partial charge in [-0.05, 0) is 126 Å². The molecule has 0 saturated carbocycles. The van der Waals surface area contributed by atoms with Crippen LogP contribution in [0.1, 0.15) is 50.1 Å². The zero-order valence-electron chi connectivity index (χ0n) is 21.1. The average Bonchev–Trinajstić information content (AvgIpc) is 2.78. The summed E-state index contributed by atoms with van der Waals surface area (Å²) < 4.78 is 0. The molecule has 4 aromatic carbocycles. The zero-order chi connectivity index (χ0) is 24.0. The van der Waals surface area contributed by atoms with Gasteiger partial charge in [0.15, 0.2) is 0 Å². The highest BCUT2D eigenvalue weighted by molar-refractivity contribution is 6.12. The second-order valence-electron chi connectivity index (χ2n) is 9.50. The fourth-order valence-electron chi connectivity index (χ4n) is 5.05. The van der Waals surface area contributed by atoms with E-state index in [1.807, 2.05) is 12.2 Å². The Kier molecular flexibility index (Phi) is 5.89. The number of fused-ring (bicyclic) bond motifs is 1. The second-order valence-corrected chi connectivity index (χ2v) is 9.50. The van der Waals surface area contributed by atoms with Gasteiger partial charge in [-0.2, -0.15) is 0 Å². The highest BCUT2D eigenvalue weighted by atomic mass is 14.2. The highest BCUT2D eigenvalue weighted by Gasteiger charge is 2.20. The molecular formula is C33H34. The van der Waals surface area contributed by atoms with Gasteiger partial charge in [-0.3, -0.25) is 0 Å². The quantitative estimate of drug-likeness (QED) is 0.302. The van der Waals surface area contributed by atoms with E-state index in [-0.39, 0.29) is 0 Å². The van der Waals surface area contributed by atoms with Crippen molar-refractivity contribution in [1.82, 2.24) is 0 Å². The molecule has 0 fully saturated rings. The molecular weight excluding hydrogens is 396 g/mol. The molecule has 0 aliphatic carbocycles. The lowest BCUT2D eigenvalue weighted by Crippen LogP contribution is -1.99. The van der Waals surface area contributed by atoms with Gasteiger partial charge < -0.3 is 0 Å². The molecule has 0 heteroatoms. The minimum absolute atomic E-state index is 1.15. The van der Waals surface area contributed by atoms with Crippen molar-refractivity contribution in [1.29, 1.82) is 0 Å². The molecule has 0 N–H and O–H groups in total. The number of hydrogen-bond donors (Lipinski definition) is 0. The Morgan fingerprint density at radius 2 is 0.909 bits per heavy atom. The lowest BCUT2D eigenvalue weighted by molar-refractivity contribution is 1.27. The fourth-order valence-corrected chi connectivity index (χ4v) is 5.05. The first-order valence-corrected chi connectivity index (χ1v) is 11.7. The van der Waals surface area contributed by atoms with Gasteiger partial charge in [-0.25, -0.2) is 0 Å². The molecule has 33 heavy (non-hydrogen) atoms. The molecule has 0 amide bonds. The van der Waals surface area contributed by atoms with Crippen LogP contribution in [0.3, 0.4) is 0 Å². The molecule has 0 unspecified atom stereocenters. The predicted molar refractivity (Wildman–Crippen MR) is 148 cm³/mol. The number of benzene rings is 4. The van der Waals surface area contributed by atoms with Crippen molar-refractivity contribution in [3.05, 3.63) is 106 Å². The van der Waals surface area contributed by atoms with E-state index in [1.54, 1.807) is 0 Å². The van der Waals surface area contributed by atoms with Gasteiger partial charge in [0.05, 0.1) is 0 Å². The van der Waals surface area contributed by atoms with Crippen LogP contribution >= 0.6 is 0 Å². The molecule has 0 bridgehead atoms. The number of aryl methyl sites for hydroxylation is 5. The van der Waals surface area contributed by atoms with Gasteiger partial charge in [-0.1, -0.05) is 73.3 Å². The van der Waals surface area contributed by atoms with Gasteiger partial charge >= 0.3 is 0 Å². The molecule has 0 aliphatic heterocycles. The summed E-state index contributed by atoms with van der Waals surface area (Å²) in [6.45, 7) is 23.9. The van der Waals surface area contributed by atoms with Crippen LogP contribution in [0.15, 0.2) is 55.6 Å². The minimum atomic E-state index is 1.15. The third-order valence-corrected chi connectivity index (χ3v) is 7.38. The molecule has 0 aliphatic rings. The number of hydrogen-bond acceptors (Lipinski definition) is 0. The van der Waals surface area contributed by atoms with E-state index in [9.17, 15) is 0 Å². The van der Waals surface area contributed by atoms with E-state index in [1.165, 1.54) is 72.0 Å². The molecule has 0 heterocycles. The monoisotopic (exact) mass is 430 g/mol. The van der Waals surface area contributed by atoms with Gasteiger partial charge in [-0.15, -0.1) is 0 Å². The van der Waals surface area contributed by atoms with E-state index in [0.717, 1.165) is 11.1 Å². The molecule has 0 saturated heterocycles. The van der Waals surface area contributed by atoms with Crippen LogP contribution in [0.4, 0.5) is 0 Å². The first-order chi connectivity index (χ1) is 15.7. The lowest BCUT2D eigenvalue weighted by Gasteiger charge is -2.22. The topological polar surface area (TPSA) is 0 Å². The Labute approximate surface area is 199 Å². The normalized spacial score (nSPS) is 11.1. The average molecular weight is 431 g/mol. The van der Waals surface area contributed by atoms with Crippen molar-refractivity contribution in [2.45, 2.75) is 48.5 Å². The van der Waals surface area contributed by atoms with Gasteiger partial charge in [0, 0.05) is 0 Å². The van der Waals surface area contributed by atoms with Crippen molar-refractivity contribution in [2.75, 3.05) is 0 Å². The Morgan fingerprint density at radius 1 is 0.515 bits per heavy atom. The van der Waals surface area contributed by atoms with Crippen LogP contribution in [0.25, 0.3) is 45.2 Å². The van der Waals surface area contributed by atoms with Crippen molar-refractivity contribution in [3.8, 4) is 22.3 Å². The SMILES string of the molecule is C=Cc1c(C=C)c(-c2cc(C)c(C)c(C)c2)c2cc(C)ccc2c1-c1cc(C)c(C)c(C)c1. The van der Waals surface area contributed by atoms with Crippen molar-refractivity contribution >= 4 is 22.9 Å². The van der Waals surface area contributed by atoms with Crippen LogP contribution in [0.5, 0.6) is 0 Å². The third-order valence-electron chi connectivity index (χ3n) is 7.38. The van der Waals surface area contributed by atoms with Crippen molar-refractivity contribution in [2.24, 2.45) is 0 Å². The lowest BCUT2D eigenvalue weighted by atomic mass is 9.81. The summed E-state index contributed by atoms with van der Waals surface area (Å²) in [5.74, 6) is 0. The van der Waals surface area contributed by atoms with Crippen molar-refractivity contribution < 1.29 is 0 Å². The highest BCUT2D eigenvalue weighted by Crippen LogP contribution is 2.44. The Bertz CT molecular complexity index is 1400. The summed E-state index contributed by atoms with van der Waals surface area (Å²) in [5, 5.41) is 2.53. The summed E-state index contributed by atoms with van der Waals surface area (Å²) >= 11 is 0. The maximum absolute atomic E-state index is 4.25. The Morgan fingerprint density at radius 3 is 1.30 bits per heavy atom. The fraction of sp³-hybridized carbons (Fsp3) is 0.212. The summed E-state index contributed by atoms with van der Waals surface area (Å²) in [6, 6.07) is 16.1. The van der Waals surface area contributed by atoms with Crippen LogP contribution < -0.4 is 0 Å². The molecule has 4 aromatic rings. The Balaban J connectivity index is 2.24. The summed E-state index contributed by atoms with van der Waals surface area (Å²) in [7, 11) is 0. The molecule has 0 spiro atoms. The van der Waals surface area contributed by atoms with E-state index in [0.29, 0.717) is 0 Å². The van der Waals surface area contributed by atoms with E-state index >= 15 is 0 Å². The summed E-state index contributed by atoms with van der Waals surface area (Å²) in [4.78, 5) is 0. The van der Waals surface area contributed by atoms with E-state index in [4.69, 9.17) is 0 Å². The summed E-state index contributed by atoms with van der Waals surface area (Å²) in [6.07, 6.45) is 4.02. The predicted octanol–water partition coefficient (Wildman–Crippen LogP) is 9.62. The second kappa shape index (κ2) is 8.52. The van der Waals surface area contributed by atoms with E-state index in [2.05, 4.69) is 104 Å². The first-order valence-electron chi connectivity index (χ1n) is 11.7. The molecule has 4 rings (SSSR count). The molecule has 0 aromatic heterocycles. The minimum Gasteiger partial charge on any atom is -0.0984 e. The van der Waals surface area contributed by atoms with Crippen LogP contribution in [0, 0.1) is 48.5 Å². The van der Waals surface area contributed by atoms with E-state index < -0.39 is 0 Å². The smallest absolute Gasteiger partial charge is 0.00263 e. The standard InChI is InChI=1S/C33H34/c1-10-28-29(11-2)33(27-17-22(6)25(9)23(7)18-27)31-14-19(3)12-13-30(31)32(28)26-15-20(4)24(8)21(5)16-26/h10-18H,1-2H2,3-9H3. The summed E-state index contributed by atoms with van der Waals surface area (Å²) in [5.41, 5.74) is 16.5. The van der Waals surface area contributed by atoms with Gasteiger partial charge in [0.25, 0.3) is 0 Å². The van der Waals surface area contributed by atoms with Crippen LogP contribution in [-0.4, -0.2) is 0 Å². The molecule has 0 nitrogen and oxygen atoms in total. The van der Waals surface area contributed by atoms with Gasteiger partial charge in [0.2, 0.25) is 0 Å². The maximum Gasteiger partial charge on any atom is -0.00263 e. The molecule has 0 radical (unpaired) electrons. The largest absolute Gasteiger partial charge is 0.0984 e. The maximum atomic E-state index is 4.25. The zero-order valence-corrected chi connectivity index (χ0v) is 21.1. The van der Waals surface area contributed by atoms with Crippen molar-refractivity contribution in [3.63, 3.8) is 0 Å². The molecule has 0 atom stereocenters. The van der Waals surface area contributed by atoms with Gasteiger partial charge in [0.1, 0.15) is 0 Å².